The molecule has 0 aromatic heterocycles. The Morgan fingerprint density at radius 3 is 2.69 bits per heavy atom. The highest BCUT2D eigenvalue weighted by Gasteiger charge is 2.28. The summed E-state index contributed by atoms with van der Waals surface area (Å²) in [5, 5.41) is 9.83. The van der Waals surface area contributed by atoms with Crippen molar-refractivity contribution in [1.29, 1.82) is 0 Å². The Kier molecular flexibility index (Phi) is 1.24. The molecule has 0 amide bonds. The van der Waals surface area contributed by atoms with Crippen LogP contribution in [-0.4, -0.2) is 18.7 Å². The van der Waals surface area contributed by atoms with Crippen molar-refractivity contribution in [1.82, 2.24) is 5.32 Å². The fourth-order valence-corrected chi connectivity index (χ4v) is 1.68. The normalized spacial score (nSPS) is 28.0. The van der Waals surface area contributed by atoms with Crippen molar-refractivity contribution in [3.63, 3.8) is 0 Å². The average molecular weight is 174 g/mol. The molecular formula is C9H10N4. The van der Waals surface area contributed by atoms with Crippen LogP contribution in [0.25, 0.3) is 0 Å². The van der Waals surface area contributed by atoms with E-state index in [1.807, 2.05) is 18.2 Å². The van der Waals surface area contributed by atoms with Crippen LogP contribution in [0.5, 0.6) is 0 Å². The SMILES string of the molecule is C1=NC2Nc3ccccc3NC2N1. The third kappa shape index (κ3) is 0.950. The Hall–Kier alpha value is -1.71. The zero-order valence-corrected chi connectivity index (χ0v) is 6.99. The molecule has 2 unspecified atom stereocenters. The number of anilines is 2. The largest absolute Gasteiger partial charge is 0.360 e. The maximum atomic E-state index is 4.25. The summed E-state index contributed by atoms with van der Waals surface area (Å²) in [6, 6.07) is 8.13. The lowest BCUT2D eigenvalue weighted by Crippen LogP contribution is -2.45. The van der Waals surface area contributed by atoms with Gasteiger partial charge >= 0.3 is 0 Å². The van der Waals surface area contributed by atoms with Crippen LogP contribution < -0.4 is 16.0 Å². The fraction of sp³-hybridized carbons (Fsp3) is 0.222. The average Bonchev–Trinajstić information content (AvgIpc) is 2.61. The quantitative estimate of drug-likeness (QED) is 0.545. The van der Waals surface area contributed by atoms with Gasteiger partial charge in [0.2, 0.25) is 0 Å². The molecule has 0 fully saturated rings. The summed E-state index contributed by atoms with van der Waals surface area (Å²) >= 11 is 0. The summed E-state index contributed by atoms with van der Waals surface area (Å²) in [7, 11) is 0. The number of nitrogens with zero attached hydrogens (tertiary/aromatic N) is 1. The van der Waals surface area contributed by atoms with Crippen molar-refractivity contribution in [3.8, 4) is 0 Å². The third-order valence-corrected chi connectivity index (χ3v) is 2.35. The standard InChI is InChI=1S/C9H10N4/c1-2-4-7-6(3-1)12-8-9(13-7)11-5-10-8/h1-5,8-9,12-13H,(H,10,11). The lowest BCUT2D eigenvalue weighted by atomic mass is 10.2. The van der Waals surface area contributed by atoms with Gasteiger partial charge in [-0.15, -0.1) is 0 Å². The predicted molar refractivity (Wildman–Crippen MR) is 52.9 cm³/mol. The summed E-state index contributed by atoms with van der Waals surface area (Å²) in [4.78, 5) is 4.25. The zero-order valence-electron chi connectivity index (χ0n) is 6.99. The van der Waals surface area contributed by atoms with Gasteiger partial charge < -0.3 is 16.0 Å². The summed E-state index contributed by atoms with van der Waals surface area (Å²) in [5.41, 5.74) is 2.24. The number of aliphatic imine (C=N–C) groups is 1. The highest BCUT2D eigenvalue weighted by atomic mass is 15.3. The molecule has 1 aromatic rings. The second-order valence-corrected chi connectivity index (χ2v) is 3.20. The van der Waals surface area contributed by atoms with Gasteiger partial charge in [0, 0.05) is 0 Å². The minimum Gasteiger partial charge on any atom is -0.360 e. The summed E-state index contributed by atoms with van der Waals surface area (Å²) in [6.07, 6.45) is 2.05. The van der Waals surface area contributed by atoms with E-state index in [1.165, 1.54) is 0 Å². The molecule has 4 heteroatoms. The van der Waals surface area contributed by atoms with Crippen LogP contribution in [0.4, 0.5) is 11.4 Å². The second kappa shape index (κ2) is 2.39. The first-order chi connectivity index (χ1) is 6.43. The van der Waals surface area contributed by atoms with Crippen molar-refractivity contribution in [2.75, 3.05) is 10.6 Å². The van der Waals surface area contributed by atoms with Crippen molar-refractivity contribution in [2.24, 2.45) is 4.99 Å². The minimum atomic E-state index is 0.120. The number of fused-ring (bicyclic) bond motifs is 2. The van der Waals surface area contributed by atoms with E-state index >= 15 is 0 Å². The zero-order chi connectivity index (χ0) is 8.67. The summed E-state index contributed by atoms with van der Waals surface area (Å²) in [6.45, 7) is 0. The van der Waals surface area contributed by atoms with Crippen LogP contribution in [0.2, 0.25) is 0 Å². The molecule has 2 heterocycles. The van der Waals surface area contributed by atoms with Crippen LogP contribution >= 0.6 is 0 Å². The van der Waals surface area contributed by atoms with E-state index in [0.717, 1.165) is 11.4 Å². The number of rotatable bonds is 0. The molecule has 0 spiro atoms. The number of para-hydroxylation sites is 2. The fourth-order valence-electron chi connectivity index (χ4n) is 1.68. The first-order valence-corrected chi connectivity index (χ1v) is 4.33. The van der Waals surface area contributed by atoms with E-state index in [2.05, 4.69) is 27.0 Å². The second-order valence-electron chi connectivity index (χ2n) is 3.20. The number of benzene rings is 1. The van der Waals surface area contributed by atoms with Crippen LogP contribution in [0.3, 0.4) is 0 Å². The molecular weight excluding hydrogens is 164 g/mol. The highest BCUT2D eigenvalue weighted by Crippen LogP contribution is 2.28. The van der Waals surface area contributed by atoms with Gasteiger partial charge in [-0.2, -0.15) is 0 Å². The van der Waals surface area contributed by atoms with E-state index in [9.17, 15) is 0 Å². The Balaban J connectivity index is 2.00. The molecule has 0 aliphatic carbocycles. The molecule has 0 saturated carbocycles. The number of hydrogen-bond donors (Lipinski definition) is 3. The van der Waals surface area contributed by atoms with Gasteiger partial charge in [-0.05, 0) is 12.1 Å². The van der Waals surface area contributed by atoms with Gasteiger partial charge in [0.15, 0.2) is 6.17 Å². The molecule has 13 heavy (non-hydrogen) atoms. The summed E-state index contributed by atoms with van der Waals surface area (Å²) in [5.74, 6) is 0. The van der Waals surface area contributed by atoms with Crippen molar-refractivity contribution >= 4 is 17.7 Å². The van der Waals surface area contributed by atoms with E-state index in [4.69, 9.17) is 0 Å². The molecule has 1 aromatic carbocycles. The summed E-state index contributed by atoms with van der Waals surface area (Å²) < 4.78 is 0. The van der Waals surface area contributed by atoms with Crippen molar-refractivity contribution in [2.45, 2.75) is 12.3 Å². The topological polar surface area (TPSA) is 48.5 Å². The molecule has 3 rings (SSSR count). The Morgan fingerprint density at radius 2 is 1.85 bits per heavy atom. The van der Waals surface area contributed by atoms with Crippen LogP contribution in [-0.2, 0) is 0 Å². The van der Waals surface area contributed by atoms with E-state index in [-0.39, 0.29) is 12.3 Å². The van der Waals surface area contributed by atoms with Crippen LogP contribution in [0.1, 0.15) is 0 Å². The molecule has 0 radical (unpaired) electrons. The molecule has 0 bridgehead atoms. The van der Waals surface area contributed by atoms with Crippen LogP contribution in [0.15, 0.2) is 29.3 Å². The maximum Gasteiger partial charge on any atom is 0.159 e. The molecule has 66 valence electrons. The minimum absolute atomic E-state index is 0.120. The van der Waals surface area contributed by atoms with Gasteiger partial charge in [0.1, 0.15) is 6.17 Å². The van der Waals surface area contributed by atoms with Crippen LogP contribution in [0, 0.1) is 0 Å². The Labute approximate surface area is 76.1 Å². The van der Waals surface area contributed by atoms with E-state index in [0.29, 0.717) is 0 Å². The molecule has 0 saturated heterocycles. The predicted octanol–water partition coefficient (Wildman–Crippen LogP) is 0.808. The third-order valence-electron chi connectivity index (χ3n) is 2.35. The first-order valence-electron chi connectivity index (χ1n) is 4.33. The number of nitrogens with one attached hydrogen (secondary N) is 3. The molecule has 3 N–H and O–H groups in total. The Morgan fingerprint density at radius 1 is 1.08 bits per heavy atom. The lowest BCUT2D eigenvalue weighted by molar-refractivity contribution is 0.614. The van der Waals surface area contributed by atoms with E-state index in [1.54, 1.807) is 6.34 Å². The van der Waals surface area contributed by atoms with E-state index < -0.39 is 0 Å². The van der Waals surface area contributed by atoms with Crippen molar-refractivity contribution < 1.29 is 0 Å². The van der Waals surface area contributed by atoms with Gasteiger partial charge in [0.25, 0.3) is 0 Å². The molecule has 2 atom stereocenters. The molecule has 2 aliphatic rings. The molecule has 4 nitrogen and oxygen atoms in total. The monoisotopic (exact) mass is 174 g/mol. The van der Waals surface area contributed by atoms with Gasteiger partial charge in [-0.25, -0.2) is 4.99 Å². The maximum absolute atomic E-state index is 4.25. The first kappa shape index (κ1) is 6.77. The van der Waals surface area contributed by atoms with Crippen molar-refractivity contribution in [3.05, 3.63) is 24.3 Å². The lowest BCUT2D eigenvalue weighted by Gasteiger charge is -2.29. The van der Waals surface area contributed by atoms with Gasteiger partial charge in [0.05, 0.1) is 17.7 Å². The smallest absolute Gasteiger partial charge is 0.159 e. The molecule has 2 aliphatic heterocycles. The van der Waals surface area contributed by atoms with Gasteiger partial charge in [-0.3, -0.25) is 0 Å². The Bertz CT molecular complexity index is 360. The highest BCUT2D eigenvalue weighted by molar-refractivity contribution is 5.74. The number of hydrogen-bond acceptors (Lipinski definition) is 4. The van der Waals surface area contributed by atoms with Gasteiger partial charge in [-0.1, -0.05) is 12.1 Å².